The predicted molar refractivity (Wildman–Crippen MR) is 135 cm³/mol. The maximum Gasteiger partial charge on any atom is 0.310 e. The number of carbonyl (C=O) groups is 1. The molecule has 1 aromatic rings. The lowest BCUT2D eigenvalue weighted by molar-refractivity contribution is -0.146. The highest BCUT2D eigenvalue weighted by molar-refractivity contribution is 5.75. The van der Waals surface area contributed by atoms with Crippen LogP contribution in [0.2, 0.25) is 0 Å². The van der Waals surface area contributed by atoms with Crippen molar-refractivity contribution in [3.63, 3.8) is 0 Å². The van der Waals surface area contributed by atoms with Crippen LogP contribution in [0.3, 0.4) is 0 Å². The van der Waals surface area contributed by atoms with E-state index < -0.39 is 0 Å². The monoisotopic (exact) mass is 465 g/mol. The SMILES string of the molecule is C=C1CCC[C@]2(C)C[C@H]3OC(=O)[C@H](CN[C@@H](Cc4ccccc4)[C@H]4CCOC(C)(C)C4)[C@@H]3C[C@H]12. The van der Waals surface area contributed by atoms with Gasteiger partial charge in [0.05, 0.1) is 11.5 Å². The molecule has 0 spiro atoms. The first-order valence-electron chi connectivity index (χ1n) is 13.5. The summed E-state index contributed by atoms with van der Waals surface area (Å²) in [4.78, 5) is 13.1. The topological polar surface area (TPSA) is 47.6 Å². The van der Waals surface area contributed by atoms with Crippen molar-refractivity contribution in [2.45, 2.75) is 89.9 Å². The molecule has 5 rings (SSSR count). The van der Waals surface area contributed by atoms with Gasteiger partial charge in [-0.3, -0.25) is 4.79 Å². The zero-order valence-electron chi connectivity index (χ0n) is 21.4. The molecule has 2 saturated carbocycles. The van der Waals surface area contributed by atoms with Gasteiger partial charge in [-0.05, 0) is 88.0 Å². The van der Waals surface area contributed by atoms with Gasteiger partial charge < -0.3 is 14.8 Å². The first-order valence-corrected chi connectivity index (χ1v) is 13.5. The summed E-state index contributed by atoms with van der Waals surface area (Å²) in [6.45, 7) is 12.8. The Morgan fingerprint density at radius 1 is 1.18 bits per heavy atom. The molecular formula is C30H43NO3. The van der Waals surface area contributed by atoms with Crippen molar-refractivity contribution >= 4 is 5.97 Å². The fourth-order valence-corrected chi connectivity index (χ4v) is 7.66. The lowest BCUT2D eigenvalue weighted by atomic mass is 9.55. The van der Waals surface area contributed by atoms with Crippen molar-refractivity contribution < 1.29 is 14.3 Å². The Morgan fingerprint density at radius 2 is 1.97 bits per heavy atom. The maximum atomic E-state index is 13.1. The Kier molecular flexibility index (Phi) is 6.67. The molecule has 0 unspecified atom stereocenters. The van der Waals surface area contributed by atoms with E-state index in [1.165, 1.54) is 24.0 Å². The number of benzene rings is 1. The third-order valence-electron chi connectivity index (χ3n) is 9.52. The first-order chi connectivity index (χ1) is 16.2. The van der Waals surface area contributed by atoms with E-state index in [0.29, 0.717) is 30.3 Å². The van der Waals surface area contributed by atoms with Gasteiger partial charge in [-0.25, -0.2) is 0 Å². The minimum Gasteiger partial charge on any atom is -0.462 e. The minimum absolute atomic E-state index is 0.0149. The minimum atomic E-state index is -0.0912. The number of allylic oxidation sites excluding steroid dienone is 1. The van der Waals surface area contributed by atoms with Crippen LogP contribution in [0.5, 0.6) is 0 Å². The fraction of sp³-hybridized carbons (Fsp3) is 0.700. The molecule has 0 radical (unpaired) electrons. The van der Waals surface area contributed by atoms with Gasteiger partial charge in [0.2, 0.25) is 0 Å². The lowest BCUT2D eigenvalue weighted by Gasteiger charge is -2.50. The average Bonchev–Trinajstić information content (AvgIpc) is 3.08. The molecule has 186 valence electrons. The van der Waals surface area contributed by atoms with Crippen LogP contribution in [0.25, 0.3) is 0 Å². The smallest absolute Gasteiger partial charge is 0.310 e. The van der Waals surface area contributed by atoms with Crippen LogP contribution in [0.1, 0.15) is 71.3 Å². The molecule has 0 bridgehead atoms. The number of carbonyl (C=O) groups excluding carboxylic acids is 1. The summed E-state index contributed by atoms with van der Waals surface area (Å²) < 4.78 is 12.0. The second-order valence-corrected chi connectivity index (χ2v) is 12.5. The van der Waals surface area contributed by atoms with Crippen molar-refractivity contribution in [3.8, 4) is 0 Å². The molecule has 2 saturated heterocycles. The number of hydrogen-bond donors (Lipinski definition) is 1. The van der Waals surface area contributed by atoms with E-state index in [4.69, 9.17) is 9.47 Å². The normalized spacial score (nSPS) is 38.0. The second kappa shape index (κ2) is 9.43. The van der Waals surface area contributed by atoms with Gasteiger partial charge in [-0.15, -0.1) is 0 Å². The molecule has 4 heteroatoms. The van der Waals surface area contributed by atoms with Gasteiger partial charge in [0.1, 0.15) is 6.10 Å². The van der Waals surface area contributed by atoms with E-state index >= 15 is 0 Å². The highest BCUT2D eigenvalue weighted by Gasteiger charge is 2.55. The largest absolute Gasteiger partial charge is 0.462 e. The second-order valence-electron chi connectivity index (χ2n) is 12.5. The average molecular weight is 466 g/mol. The van der Waals surface area contributed by atoms with E-state index in [1.54, 1.807) is 0 Å². The number of hydrogen-bond acceptors (Lipinski definition) is 4. The van der Waals surface area contributed by atoms with Gasteiger partial charge in [0.15, 0.2) is 0 Å². The molecule has 0 amide bonds. The van der Waals surface area contributed by atoms with Gasteiger partial charge in [-0.2, -0.15) is 0 Å². The summed E-state index contributed by atoms with van der Waals surface area (Å²) in [7, 11) is 0. The van der Waals surface area contributed by atoms with Gasteiger partial charge in [0.25, 0.3) is 0 Å². The van der Waals surface area contributed by atoms with Crippen molar-refractivity contribution in [3.05, 3.63) is 48.0 Å². The molecule has 1 aromatic carbocycles. The van der Waals surface area contributed by atoms with Crippen molar-refractivity contribution in [1.82, 2.24) is 5.32 Å². The Balaban J connectivity index is 1.30. The predicted octanol–water partition coefficient (Wildman–Crippen LogP) is 5.71. The molecular weight excluding hydrogens is 422 g/mol. The van der Waals surface area contributed by atoms with Crippen LogP contribution in [0, 0.1) is 29.1 Å². The van der Waals surface area contributed by atoms with Crippen molar-refractivity contribution in [2.75, 3.05) is 13.2 Å². The Morgan fingerprint density at radius 3 is 2.74 bits per heavy atom. The molecule has 7 atom stereocenters. The van der Waals surface area contributed by atoms with Gasteiger partial charge in [-0.1, -0.05) is 49.4 Å². The molecule has 2 heterocycles. The van der Waals surface area contributed by atoms with Crippen LogP contribution < -0.4 is 5.32 Å². The van der Waals surface area contributed by atoms with E-state index in [9.17, 15) is 4.79 Å². The van der Waals surface area contributed by atoms with Crippen LogP contribution >= 0.6 is 0 Å². The van der Waals surface area contributed by atoms with E-state index in [1.807, 2.05) is 0 Å². The molecule has 4 aliphatic rings. The standard InChI is InChI=1S/C30H43NO3/c1-20-9-8-13-30(4)18-27-23(16-25(20)30)24(28(32)34-27)19-31-26(15-21-10-6-5-7-11-21)22-12-14-33-29(2,3)17-22/h5-7,10-11,22-27,31H,1,8-9,12-19H2,2-4H3/t22-,23-,24+,25+,26-,27+,30+/m0/s1. The third-order valence-corrected chi connectivity index (χ3v) is 9.52. The molecule has 2 aliphatic heterocycles. The highest BCUT2D eigenvalue weighted by atomic mass is 16.6. The Labute approximate surface area is 205 Å². The van der Waals surface area contributed by atoms with Gasteiger partial charge >= 0.3 is 5.97 Å². The lowest BCUT2D eigenvalue weighted by Crippen LogP contribution is -2.49. The Bertz CT molecular complexity index is 896. The molecule has 2 aliphatic carbocycles. The van der Waals surface area contributed by atoms with Crippen molar-refractivity contribution in [1.29, 1.82) is 0 Å². The number of ether oxygens (including phenoxy) is 2. The summed E-state index contributed by atoms with van der Waals surface area (Å²) in [5.41, 5.74) is 2.92. The fourth-order valence-electron chi connectivity index (χ4n) is 7.66. The van der Waals surface area contributed by atoms with Crippen LogP contribution in [-0.2, 0) is 20.7 Å². The number of nitrogens with one attached hydrogen (secondary N) is 1. The summed E-state index contributed by atoms with van der Waals surface area (Å²) in [5.74, 6) is 1.36. The first kappa shape index (κ1) is 24.1. The molecule has 4 nitrogen and oxygen atoms in total. The highest BCUT2D eigenvalue weighted by Crippen LogP contribution is 2.56. The zero-order valence-corrected chi connectivity index (χ0v) is 21.4. The molecule has 34 heavy (non-hydrogen) atoms. The van der Waals surface area contributed by atoms with Crippen LogP contribution in [0.15, 0.2) is 42.5 Å². The summed E-state index contributed by atoms with van der Waals surface area (Å²) in [5, 5.41) is 3.90. The van der Waals surface area contributed by atoms with Gasteiger partial charge in [0, 0.05) is 25.1 Å². The molecule has 0 aromatic heterocycles. The number of rotatable bonds is 6. The number of fused-ring (bicyclic) bond motifs is 2. The summed E-state index contributed by atoms with van der Waals surface area (Å²) >= 11 is 0. The van der Waals surface area contributed by atoms with Crippen LogP contribution in [0.4, 0.5) is 0 Å². The van der Waals surface area contributed by atoms with E-state index in [2.05, 4.69) is 63.0 Å². The third kappa shape index (κ3) is 4.86. The van der Waals surface area contributed by atoms with E-state index in [0.717, 1.165) is 45.1 Å². The summed E-state index contributed by atoms with van der Waals surface area (Å²) in [6.07, 6.45) is 8.85. The van der Waals surface area contributed by atoms with Crippen LogP contribution in [-0.4, -0.2) is 36.9 Å². The van der Waals surface area contributed by atoms with E-state index in [-0.39, 0.29) is 29.0 Å². The Hall–Kier alpha value is -1.65. The maximum absolute atomic E-state index is 13.1. The number of esters is 1. The zero-order chi connectivity index (χ0) is 23.9. The molecule has 4 fully saturated rings. The van der Waals surface area contributed by atoms with Crippen molar-refractivity contribution in [2.24, 2.45) is 29.1 Å². The summed E-state index contributed by atoms with van der Waals surface area (Å²) in [6, 6.07) is 11.1. The quantitative estimate of drug-likeness (QED) is 0.432. The molecule has 1 N–H and O–H groups in total.